The molecule has 1 fully saturated rings. The normalized spacial score (nSPS) is 13.9. The molecule has 3 N–H and O–H groups in total. The van der Waals surface area contributed by atoms with E-state index in [1.54, 1.807) is 32.0 Å². The molecule has 0 aliphatic heterocycles. The lowest BCUT2D eigenvalue weighted by molar-refractivity contribution is -0.384. The minimum atomic E-state index is -0.951. The summed E-state index contributed by atoms with van der Waals surface area (Å²) in [6.45, 7) is 3.38. The Morgan fingerprint density at radius 2 is 2.06 bits per heavy atom. The molecule has 1 aromatic carbocycles. The second-order valence-electron chi connectivity index (χ2n) is 7.60. The third kappa shape index (κ3) is 5.05. The first-order valence-electron chi connectivity index (χ1n) is 10.4. The minimum absolute atomic E-state index is 0.0155. The van der Waals surface area contributed by atoms with Gasteiger partial charge < -0.3 is 15.4 Å². The van der Waals surface area contributed by atoms with Gasteiger partial charge in [-0.2, -0.15) is 15.1 Å². The number of nitrogens with one attached hydrogen (secondary N) is 3. The van der Waals surface area contributed by atoms with Crippen molar-refractivity contribution >= 4 is 29.2 Å². The molecule has 1 aliphatic rings. The highest BCUT2D eigenvalue weighted by Gasteiger charge is 2.32. The van der Waals surface area contributed by atoms with Crippen LogP contribution in [-0.2, 0) is 4.74 Å². The van der Waals surface area contributed by atoms with Crippen molar-refractivity contribution in [3.8, 4) is 0 Å². The first-order chi connectivity index (χ1) is 15.9. The number of nitro groups is 1. The fourth-order valence-electron chi connectivity index (χ4n) is 3.28. The monoisotopic (exact) mass is 455 g/mol. The summed E-state index contributed by atoms with van der Waals surface area (Å²) in [6.07, 6.45) is 2.11. The van der Waals surface area contributed by atoms with Crippen LogP contribution in [0, 0.1) is 15.9 Å². The number of esters is 1. The van der Waals surface area contributed by atoms with Crippen LogP contribution in [0.3, 0.4) is 0 Å². The van der Waals surface area contributed by atoms with E-state index in [9.17, 15) is 19.3 Å². The summed E-state index contributed by atoms with van der Waals surface area (Å²) in [5, 5.41) is 24.7. The largest absolute Gasteiger partial charge is 0.461 e. The van der Waals surface area contributed by atoms with Gasteiger partial charge in [-0.1, -0.05) is 12.1 Å². The number of carbonyl (C=O) groups is 1. The lowest BCUT2D eigenvalue weighted by atomic mass is 10.1. The Kier molecular flexibility index (Phi) is 6.16. The van der Waals surface area contributed by atoms with Gasteiger partial charge in [0, 0.05) is 17.7 Å². The summed E-state index contributed by atoms with van der Waals surface area (Å²) >= 11 is 0. The summed E-state index contributed by atoms with van der Waals surface area (Å²) in [4.78, 5) is 31.9. The topological polar surface area (TPSA) is 148 Å². The minimum Gasteiger partial charge on any atom is -0.461 e. The molecule has 3 aromatic rings. The molecule has 0 spiro atoms. The third-order valence-corrected chi connectivity index (χ3v) is 5.11. The number of aromatic nitrogens is 4. The Bertz CT molecular complexity index is 1180. The summed E-state index contributed by atoms with van der Waals surface area (Å²) in [5.41, 5.74) is 0.533. The number of ether oxygens (including phenoxy) is 1. The van der Waals surface area contributed by atoms with E-state index in [2.05, 4.69) is 30.8 Å². The van der Waals surface area contributed by atoms with Crippen LogP contribution < -0.4 is 10.6 Å². The molecule has 1 atom stereocenters. The standard InChI is InChI=1S/C21H22FN7O4/c1-3-33-20(30)17-18(29(31)32)19(24-16-10-15(27-28-16)13-4-5-13)26-21(25-17)23-11(2)12-6-8-14(22)9-7-12/h6-11,13H,3-5H2,1-2H3,(H3,23,24,25,26,27,28)/t11-/m0/s1. The third-order valence-electron chi connectivity index (χ3n) is 5.11. The molecule has 11 nitrogen and oxygen atoms in total. The van der Waals surface area contributed by atoms with Gasteiger partial charge in [0.2, 0.25) is 17.5 Å². The summed E-state index contributed by atoms with van der Waals surface area (Å²) < 4.78 is 18.2. The molecule has 0 radical (unpaired) electrons. The van der Waals surface area contributed by atoms with E-state index in [0.717, 1.165) is 24.1 Å². The smallest absolute Gasteiger partial charge is 0.364 e. The van der Waals surface area contributed by atoms with E-state index in [-0.39, 0.29) is 30.2 Å². The first-order valence-corrected chi connectivity index (χ1v) is 10.4. The fourth-order valence-corrected chi connectivity index (χ4v) is 3.28. The van der Waals surface area contributed by atoms with Crippen LogP contribution >= 0.6 is 0 Å². The van der Waals surface area contributed by atoms with Gasteiger partial charge in [-0.05, 0) is 44.4 Å². The number of nitrogens with zero attached hydrogens (tertiary/aromatic N) is 4. The molecule has 2 heterocycles. The number of aromatic amines is 1. The number of anilines is 3. The van der Waals surface area contributed by atoms with Gasteiger partial charge in [0.1, 0.15) is 5.82 Å². The lowest BCUT2D eigenvalue weighted by Gasteiger charge is -2.16. The zero-order valence-electron chi connectivity index (χ0n) is 18.0. The van der Waals surface area contributed by atoms with Crippen molar-refractivity contribution in [3.63, 3.8) is 0 Å². The van der Waals surface area contributed by atoms with Gasteiger partial charge in [-0.3, -0.25) is 15.2 Å². The maximum Gasteiger partial charge on any atom is 0.364 e. The van der Waals surface area contributed by atoms with Crippen LogP contribution in [0.1, 0.15) is 60.4 Å². The Morgan fingerprint density at radius 1 is 1.33 bits per heavy atom. The molecule has 0 amide bonds. The van der Waals surface area contributed by atoms with Gasteiger partial charge in [-0.25, -0.2) is 9.18 Å². The van der Waals surface area contributed by atoms with Crippen molar-refractivity contribution < 1.29 is 18.8 Å². The van der Waals surface area contributed by atoms with Crippen LogP contribution in [0.2, 0.25) is 0 Å². The second-order valence-corrected chi connectivity index (χ2v) is 7.60. The molecular formula is C21H22FN7O4. The fraction of sp³-hybridized carbons (Fsp3) is 0.333. The van der Waals surface area contributed by atoms with Crippen LogP contribution in [0.4, 0.5) is 27.7 Å². The molecule has 172 valence electrons. The quantitative estimate of drug-likeness (QED) is 0.245. The summed E-state index contributed by atoms with van der Waals surface area (Å²) in [5.74, 6) is -0.851. The number of H-pyrrole nitrogens is 1. The van der Waals surface area contributed by atoms with Gasteiger partial charge >= 0.3 is 11.7 Å². The highest BCUT2D eigenvalue weighted by Crippen LogP contribution is 2.40. The van der Waals surface area contributed by atoms with Crippen LogP contribution in [0.15, 0.2) is 30.3 Å². The van der Waals surface area contributed by atoms with E-state index in [0.29, 0.717) is 11.7 Å². The molecule has 0 unspecified atom stereocenters. The molecule has 0 saturated heterocycles. The van der Waals surface area contributed by atoms with Gasteiger partial charge in [0.05, 0.1) is 17.6 Å². The average molecular weight is 455 g/mol. The molecular weight excluding hydrogens is 433 g/mol. The molecule has 12 heteroatoms. The van der Waals surface area contributed by atoms with Crippen LogP contribution in [0.25, 0.3) is 0 Å². The zero-order valence-corrected chi connectivity index (χ0v) is 18.0. The lowest BCUT2D eigenvalue weighted by Crippen LogP contribution is -2.17. The number of benzene rings is 1. The van der Waals surface area contributed by atoms with E-state index in [1.165, 1.54) is 12.1 Å². The van der Waals surface area contributed by atoms with Gasteiger partial charge in [-0.15, -0.1) is 0 Å². The predicted molar refractivity (Wildman–Crippen MR) is 117 cm³/mol. The van der Waals surface area contributed by atoms with Gasteiger partial charge in [0.15, 0.2) is 5.82 Å². The van der Waals surface area contributed by atoms with E-state index >= 15 is 0 Å². The Labute approximate surface area is 187 Å². The average Bonchev–Trinajstić information content (AvgIpc) is 3.53. The SMILES string of the molecule is CCOC(=O)c1nc(N[C@@H](C)c2ccc(F)cc2)nc(Nc2cc(C3CC3)[nH]n2)c1[N+](=O)[O-]. The van der Waals surface area contributed by atoms with Crippen LogP contribution in [-0.4, -0.2) is 37.7 Å². The molecule has 1 aliphatic carbocycles. The Hall–Kier alpha value is -4.09. The van der Waals surface area contributed by atoms with E-state index < -0.39 is 22.3 Å². The molecule has 4 rings (SSSR count). The number of hydrogen-bond donors (Lipinski definition) is 3. The summed E-state index contributed by atoms with van der Waals surface area (Å²) in [6, 6.07) is 7.18. The second kappa shape index (κ2) is 9.18. The van der Waals surface area contributed by atoms with Crippen molar-refractivity contribution in [2.24, 2.45) is 0 Å². The number of carbonyl (C=O) groups excluding carboxylic acids is 1. The highest BCUT2D eigenvalue weighted by molar-refractivity contribution is 5.95. The van der Waals surface area contributed by atoms with Crippen molar-refractivity contribution in [2.75, 3.05) is 17.2 Å². The molecule has 33 heavy (non-hydrogen) atoms. The zero-order chi connectivity index (χ0) is 23.5. The maximum absolute atomic E-state index is 13.2. The van der Waals surface area contributed by atoms with E-state index in [1.807, 2.05) is 0 Å². The highest BCUT2D eigenvalue weighted by atomic mass is 19.1. The van der Waals surface area contributed by atoms with Crippen molar-refractivity contribution in [1.82, 2.24) is 20.2 Å². The number of hydrogen-bond acceptors (Lipinski definition) is 9. The Balaban J connectivity index is 1.71. The molecule has 2 aromatic heterocycles. The Morgan fingerprint density at radius 3 is 2.70 bits per heavy atom. The molecule has 1 saturated carbocycles. The summed E-state index contributed by atoms with van der Waals surface area (Å²) in [7, 11) is 0. The predicted octanol–water partition coefficient (Wildman–Crippen LogP) is 4.22. The number of rotatable bonds is 9. The first kappa shape index (κ1) is 22.1. The van der Waals surface area contributed by atoms with Crippen molar-refractivity contribution in [2.45, 2.75) is 38.6 Å². The maximum atomic E-state index is 13.2. The molecule has 0 bridgehead atoms. The van der Waals surface area contributed by atoms with Crippen molar-refractivity contribution in [3.05, 3.63) is 63.2 Å². The number of halogens is 1. The van der Waals surface area contributed by atoms with E-state index in [4.69, 9.17) is 4.74 Å². The van der Waals surface area contributed by atoms with Gasteiger partial charge in [0.25, 0.3) is 0 Å². The van der Waals surface area contributed by atoms with Crippen molar-refractivity contribution in [1.29, 1.82) is 0 Å². The van der Waals surface area contributed by atoms with Crippen LogP contribution in [0.5, 0.6) is 0 Å².